The highest BCUT2D eigenvalue weighted by Crippen LogP contribution is 2.28. The molecule has 0 unspecified atom stereocenters. The minimum Gasteiger partial charge on any atom is -0.462 e. The van der Waals surface area contributed by atoms with Crippen molar-refractivity contribution in [2.45, 2.75) is 64.4 Å². The van der Waals surface area contributed by atoms with E-state index in [1.165, 1.54) is 32.1 Å². The van der Waals surface area contributed by atoms with Crippen molar-refractivity contribution < 1.29 is 17.9 Å². The third-order valence-corrected chi connectivity index (χ3v) is 6.36. The van der Waals surface area contributed by atoms with Crippen molar-refractivity contribution in [3.05, 3.63) is 0 Å². The molecular formula is C15H26O4S. The van der Waals surface area contributed by atoms with Crippen LogP contribution in [0.15, 0.2) is 0 Å². The van der Waals surface area contributed by atoms with Crippen molar-refractivity contribution in [1.29, 1.82) is 0 Å². The van der Waals surface area contributed by atoms with Crippen molar-refractivity contribution >= 4 is 15.8 Å². The van der Waals surface area contributed by atoms with Crippen LogP contribution < -0.4 is 0 Å². The second kappa shape index (κ2) is 6.92. The van der Waals surface area contributed by atoms with Crippen LogP contribution in [0.1, 0.15) is 58.3 Å². The van der Waals surface area contributed by atoms with Gasteiger partial charge in [-0.25, -0.2) is 8.42 Å². The maximum Gasteiger partial charge on any atom is 0.310 e. The van der Waals surface area contributed by atoms with Gasteiger partial charge in [-0.15, -0.1) is 0 Å². The second-order valence-electron chi connectivity index (χ2n) is 6.43. The normalized spacial score (nSPS) is 28.1. The van der Waals surface area contributed by atoms with Crippen LogP contribution >= 0.6 is 0 Å². The zero-order chi connectivity index (χ0) is 14.6. The van der Waals surface area contributed by atoms with Crippen LogP contribution in [0.2, 0.25) is 0 Å². The van der Waals surface area contributed by atoms with Gasteiger partial charge in [0.25, 0.3) is 0 Å². The number of carbonyl (C=O) groups excluding carboxylic acids is 1. The van der Waals surface area contributed by atoms with E-state index in [1.54, 1.807) is 0 Å². The SMILES string of the molecule is C[C@H](CCC1CCCCC1)OC(=O)[C@H]1CCS(=O)(=O)C1. The number of rotatable bonds is 5. The Balaban J connectivity index is 1.68. The zero-order valence-electron chi connectivity index (χ0n) is 12.3. The maximum atomic E-state index is 11.9. The summed E-state index contributed by atoms with van der Waals surface area (Å²) in [5.74, 6) is 0.140. The second-order valence-corrected chi connectivity index (χ2v) is 8.66. The average Bonchev–Trinajstić information content (AvgIpc) is 2.78. The quantitative estimate of drug-likeness (QED) is 0.733. The van der Waals surface area contributed by atoms with Crippen LogP contribution in [0.25, 0.3) is 0 Å². The van der Waals surface area contributed by atoms with Crippen LogP contribution in [0.3, 0.4) is 0 Å². The molecule has 116 valence electrons. The molecule has 4 nitrogen and oxygen atoms in total. The minimum absolute atomic E-state index is 0.0266. The third-order valence-electron chi connectivity index (χ3n) is 4.59. The van der Waals surface area contributed by atoms with E-state index < -0.39 is 15.8 Å². The monoisotopic (exact) mass is 302 g/mol. The Morgan fingerprint density at radius 3 is 2.50 bits per heavy atom. The standard InChI is InChI=1S/C15H26O4S/c1-12(7-8-13-5-3-2-4-6-13)19-15(16)14-9-10-20(17,18)11-14/h12-14H,2-11H2,1H3/t12-,14+/m1/s1. The number of hydrogen-bond donors (Lipinski definition) is 0. The van der Waals surface area contributed by atoms with E-state index >= 15 is 0 Å². The molecule has 0 bridgehead atoms. The van der Waals surface area contributed by atoms with Gasteiger partial charge in [0.1, 0.15) is 0 Å². The Morgan fingerprint density at radius 2 is 1.90 bits per heavy atom. The summed E-state index contributed by atoms with van der Waals surface area (Å²) in [5, 5.41) is 0. The first-order valence-electron chi connectivity index (χ1n) is 7.87. The van der Waals surface area contributed by atoms with Gasteiger partial charge in [-0.1, -0.05) is 32.1 Å². The highest BCUT2D eigenvalue weighted by molar-refractivity contribution is 7.91. The fourth-order valence-electron chi connectivity index (χ4n) is 3.28. The number of carbonyl (C=O) groups is 1. The Morgan fingerprint density at radius 1 is 1.20 bits per heavy atom. The molecule has 1 saturated heterocycles. The number of sulfone groups is 1. The molecule has 1 saturated carbocycles. The number of esters is 1. The first-order chi connectivity index (χ1) is 9.46. The molecule has 0 aromatic heterocycles. The molecule has 2 aliphatic rings. The zero-order valence-corrected chi connectivity index (χ0v) is 13.2. The molecular weight excluding hydrogens is 276 g/mol. The summed E-state index contributed by atoms with van der Waals surface area (Å²) < 4.78 is 28.1. The molecule has 0 spiro atoms. The Labute approximate surface area is 122 Å². The fraction of sp³-hybridized carbons (Fsp3) is 0.933. The summed E-state index contributed by atoms with van der Waals surface area (Å²) in [6.07, 6.45) is 8.99. The minimum atomic E-state index is -3.01. The Kier molecular flexibility index (Phi) is 5.47. The summed E-state index contributed by atoms with van der Waals surface area (Å²) in [5.41, 5.74) is 0. The van der Waals surface area contributed by atoms with Gasteiger partial charge in [0, 0.05) is 0 Å². The first kappa shape index (κ1) is 15.8. The molecule has 1 aliphatic carbocycles. The Bertz CT molecular complexity index is 423. The molecule has 5 heteroatoms. The number of hydrogen-bond acceptors (Lipinski definition) is 4. The van der Waals surface area contributed by atoms with Gasteiger partial charge in [-0.2, -0.15) is 0 Å². The van der Waals surface area contributed by atoms with Gasteiger partial charge in [0.05, 0.1) is 23.5 Å². The van der Waals surface area contributed by atoms with Crippen molar-refractivity contribution in [1.82, 2.24) is 0 Å². The van der Waals surface area contributed by atoms with E-state index in [0.717, 1.165) is 18.8 Å². The van der Waals surface area contributed by atoms with E-state index in [-0.39, 0.29) is 23.6 Å². The molecule has 2 rings (SSSR count). The molecule has 0 aromatic carbocycles. The maximum absolute atomic E-state index is 11.9. The lowest BCUT2D eigenvalue weighted by molar-refractivity contribution is -0.152. The van der Waals surface area contributed by atoms with Crippen molar-refractivity contribution in [2.24, 2.45) is 11.8 Å². The molecule has 1 aliphatic heterocycles. The van der Waals surface area contributed by atoms with E-state index in [0.29, 0.717) is 6.42 Å². The molecule has 0 N–H and O–H groups in total. The van der Waals surface area contributed by atoms with Crippen LogP contribution in [-0.4, -0.2) is 32.0 Å². The molecule has 0 amide bonds. The lowest BCUT2D eigenvalue weighted by atomic mass is 9.85. The van der Waals surface area contributed by atoms with Gasteiger partial charge < -0.3 is 4.74 Å². The first-order valence-corrected chi connectivity index (χ1v) is 9.69. The van der Waals surface area contributed by atoms with Crippen LogP contribution in [-0.2, 0) is 19.4 Å². The average molecular weight is 302 g/mol. The molecule has 20 heavy (non-hydrogen) atoms. The van der Waals surface area contributed by atoms with E-state index in [9.17, 15) is 13.2 Å². The Hall–Kier alpha value is -0.580. The van der Waals surface area contributed by atoms with Crippen LogP contribution in [0, 0.1) is 11.8 Å². The predicted molar refractivity (Wildman–Crippen MR) is 78.1 cm³/mol. The molecule has 2 atom stereocenters. The fourth-order valence-corrected chi connectivity index (χ4v) is 5.01. The third kappa shape index (κ3) is 4.76. The largest absolute Gasteiger partial charge is 0.462 e. The summed E-state index contributed by atoms with van der Waals surface area (Å²) in [6.45, 7) is 1.92. The molecule has 2 fully saturated rings. The van der Waals surface area contributed by atoms with Gasteiger partial charge in [-0.3, -0.25) is 4.79 Å². The van der Waals surface area contributed by atoms with E-state index in [1.807, 2.05) is 6.92 Å². The van der Waals surface area contributed by atoms with Crippen molar-refractivity contribution in [2.75, 3.05) is 11.5 Å². The van der Waals surface area contributed by atoms with Crippen LogP contribution in [0.5, 0.6) is 0 Å². The highest BCUT2D eigenvalue weighted by atomic mass is 32.2. The lowest BCUT2D eigenvalue weighted by Gasteiger charge is -2.23. The van der Waals surface area contributed by atoms with E-state index in [2.05, 4.69) is 0 Å². The summed E-state index contributed by atoms with van der Waals surface area (Å²) >= 11 is 0. The summed E-state index contributed by atoms with van der Waals surface area (Å²) in [6, 6.07) is 0. The molecule has 1 heterocycles. The topological polar surface area (TPSA) is 60.4 Å². The van der Waals surface area contributed by atoms with Crippen molar-refractivity contribution in [3.63, 3.8) is 0 Å². The number of ether oxygens (including phenoxy) is 1. The highest BCUT2D eigenvalue weighted by Gasteiger charge is 2.34. The lowest BCUT2D eigenvalue weighted by Crippen LogP contribution is -2.24. The summed E-state index contributed by atoms with van der Waals surface area (Å²) in [7, 11) is -3.01. The van der Waals surface area contributed by atoms with Gasteiger partial charge in [-0.05, 0) is 32.1 Å². The van der Waals surface area contributed by atoms with Gasteiger partial charge >= 0.3 is 5.97 Å². The predicted octanol–water partition coefficient (Wildman–Crippen LogP) is 2.71. The van der Waals surface area contributed by atoms with E-state index in [4.69, 9.17) is 4.74 Å². The van der Waals surface area contributed by atoms with Crippen LogP contribution in [0.4, 0.5) is 0 Å². The van der Waals surface area contributed by atoms with Gasteiger partial charge in [0.2, 0.25) is 0 Å². The molecule has 0 aromatic rings. The van der Waals surface area contributed by atoms with Crippen molar-refractivity contribution in [3.8, 4) is 0 Å². The summed E-state index contributed by atoms with van der Waals surface area (Å²) in [4.78, 5) is 11.9. The van der Waals surface area contributed by atoms with Gasteiger partial charge in [0.15, 0.2) is 9.84 Å². The molecule has 0 radical (unpaired) electrons. The smallest absolute Gasteiger partial charge is 0.310 e.